The lowest BCUT2D eigenvalue weighted by molar-refractivity contribution is -0.124. The van der Waals surface area contributed by atoms with Gasteiger partial charge in [0.1, 0.15) is 6.04 Å². The van der Waals surface area contributed by atoms with Crippen LogP contribution in [0.25, 0.3) is 0 Å². The van der Waals surface area contributed by atoms with Crippen molar-refractivity contribution in [2.45, 2.75) is 18.9 Å². The first-order valence-corrected chi connectivity index (χ1v) is 6.41. The van der Waals surface area contributed by atoms with E-state index >= 15 is 0 Å². The Morgan fingerprint density at radius 3 is 2.78 bits per heavy atom. The number of carbonyl (C=O) groups is 1. The van der Waals surface area contributed by atoms with Crippen LogP contribution in [0.3, 0.4) is 0 Å². The molecule has 1 saturated heterocycles. The van der Waals surface area contributed by atoms with Crippen LogP contribution in [-0.2, 0) is 4.79 Å². The van der Waals surface area contributed by atoms with Crippen molar-refractivity contribution >= 4 is 5.91 Å². The van der Waals surface area contributed by atoms with Gasteiger partial charge in [-0.15, -0.1) is 0 Å². The van der Waals surface area contributed by atoms with Crippen LogP contribution >= 0.6 is 0 Å². The van der Waals surface area contributed by atoms with E-state index in [0.29, 0.717) is 0 Å². The predicted octanol–water partition coefficient (Wildman–Crippen LogP) is 0.917. The number of nitrogens with two attached hydrogens (primary N) is 1. The highest BCUT2D eigenvalue weighted by Crippen LogP contribution is 2.26. The van der Waals surface area contributed by atoms with Gasteiger partial charge in [-0.25, -0.2) is 0 Å². The maximum atomic E-state index is 11.7. The summed E-state index contributed by atoms with van der Waals surface area (Å²) in [5.41, 5.74) is 6.48. The maximum absolute atomic E-state index is 11.7. The van der Waals surface area contributed by atoms with Gasteiger partial charge in [-0.05, 0) is 30.9 Å². The van der Waals surface area contributed by atoms with Crippen LogP contribution in [0.15, 0.2) is 30.3 Å². The van der Waals surface area contributed by atoms with Gasteiger partial charge in [-0.3, -0.25) is 9.69 Å². The fourth-order valence-electron chi connectivity index (χ4n) is 2.67. The van der Waals surface area contributed by atoms with Crippen LogP contribution in [0.4, 0.5) is 0 Å². The Bertz CT molecular complexity index is 394. The molecule has 0 spiro atoms. The lowest BCUT2D eigenvalue weighted by Gasteiger charge is -2.36. The van der Waals surface area contributed by atoms with Crippen molar-refractivity contribution in [3.05, 3.63) is 35.9 Å². The van der Waals surface area contributed by atoms with Crippen LogP contribution in [-0.4, -0.2) is 35.6 Å². The summed E-state index contributed by atoms with van der Waals surface area (Å²) in [6, 6.07) is 9.24. The van der Waals surface area contributed by atoms with Crippen molar-refractivity contribution in [1.82, 2.24) is 4.90 Å². The molecule has 0 radical (unpaired) electrons. The van der Waals surface area contributed by atoms with Gasteiger partial charge < -0.3 is 10.8 Å². The third-order valence-electron chi connectivity index (χ3n) is 3.56. The Morgan fingerprint density at radius 1 is 1.44 bits per heavy atom. The molecule has 98 valence electrons. The number of benzene rings is 1. The first kappa shape index (κ1) is 13.1. The van der Waals surface area contributed by atoms with Gasteiger partial charge in [0.2, 0.25) is 5.91 Å². The number of piperidine rings is 1. The van der Waals surface area contributed by atoms with Crippen LogP contribution < -0.4 is 5.73 Å². The summed E-state index contributed by atoms with van der Waals surface area (Å²) < 4.78 is 0. The third-order valence-corrected chi connectivity index (χ3v) is 3.56. The second-order valence-corrected chi connectivity index (χ2v) is 4.90. The highest BCUT2D eigenvalue weighted by Gasteiger charge is 2.29. The van der Waals surface area contributed by atoms with E-state index in [9.17, 15) is 9.90 Å². The van der Waals surface area contributed by atoms with E-state index in [0.717, 1.165) is 31.5 Å². The zero-order chi connectivity index (χ0) is 13.0. The molecule has 0 saturated carbocycles. The normalized spacial score (nSPS) is 22.6. The number of aliphatic hydroxyl groups is 1. The van der Waals surface area contributed by atoms with Crippen molar-refractivity contribution < 1.29 is 9.90 Å². The topological polar surface area (TPSA) is 66.6 Å². The molecular weight excluding hydrogens is 228 g/mol. The summed E-state index contributed by atoms with van der Waals surface area (Å²) in [7, 11) is 0. The number of likely N-dealkylation sites (tertiary alicyclic amines) is 1. The van der Waals surface area contributed by atoms with E-state index in [4.69, 9.17) is 5.73 Å². The molecular formula is C14H20N2O2. The van der Waals surface area contributed by atoms with Crippen LogP contribution in [0.2, 0.25) is 0 Å². The minimum atomic E-state index is -0.374. The predicted molar refractivity (Wildman–Crippen MR) is 69.8 cm³/mol. The van der Waals surface area contributed by atoms with Crippen molar-refractivity contribution in [3.63, 3.8) is 0 Å². The summed E-state index contributed by atoms with van der Waals surface area (Å²) >= 11 is 0. The SMILES string of the molecule is NC(=O)C(c1ccccc1)N1CCCC(CO)C1. The second-order valence-electron chi connectivity index (χ2n) is 4.90. The molecule has 0 aliphatic carbocycles. The maximum Gasteiger partial charge on any atom is 0.239 e. The van der Waals surface area contributed by atoms with Crippen LogP contribution in [0.1, 0.15) is 24.4 Å². The van der Waals surface area contributed by atoms with E-state index in [1.807, 2.05) is 30.3 Å². The van der Waals surface area contributed by atoms with E-state index < -0.39 is 0 Å². The number of aliphatic hydroxyl groups excluding tert-OH is 1. The number of primary amides is 1. The summed E-state index contributed by atoms with van der Waals surface area (Å²) in [5.74, 6) is -0.0656. The summed E-state index contributed by atoms with van der Waals surface area (Å²) in [5, 5.41) is 9.26. The zero-order valence-electron chi connectivity index (χ0n) is 10.5. The molecule has 2 unspecified atom stereocenters. The molecule has 4 heteroatoms. The third kappa shape index (κ3) is 2.89. The monoisotopic (exact) mass is 248 g/mol. The molecule has 1 aromatic carbocycles. The molecule has 1 aliphatic rings. The van der Waals surface area contributed by atoms with E-state index in [-0.39, 0.29) is 24.5 Å². The Kier molecular flexibility index (Phi) is 4.33. The molecule has 1 aliphatic heterocycles. The van der Waals surface area contributed by atoms with Crippen molar-refractivity contribution in [2.24, 2.45) is 11.7 Å². The molecule has 18 heavy (non-hydrogen) atoms. The Hall–Kier alpha value is -1.39. The number of hydrogen-bond donors (Lipinski definition) is 2. The molecule has 0 bridgehead atoms. The average molecular weight is 248 g/mol. The number of rotatable bonds is 4. The van der Waals surface area contributed by atoms with E-state index in [2.05, 4.69) is 4.90 Å². The quantitative estimate of drug-likeness (QED) is 0.832. The lowest BCUT2D eigenvalue weighted by atomic mass is 9.95. The smallest absolute Gasteiger partial charge is 0.239 e. The fourth-order valence-corrected chi connectivity index (χ4v) is 2.67. The van der Waals surface area contributed by atoms with Gasteiger partial charge in [0.25, 0.3) is 0 Å². The number of amides is 1. The molecule has 3 N–H and O–H groups in total. The van der Waals surface area contributed by atoms with Crippen LogP contribution in [0, 0.1) is 5.92 Å². The van der Waals surface area contributed by atoms with Gasteiger partial charge in [0.05, 0.1) is 0 Å². The average Bonchev–Trinajstić information content (AvgIpc) is 2.40. The minimum absolute atomic E-state index is 0.177. The summed E-state index contributed by atoms with van der Waals surface area (Å²) in [4.78, 5) is 13.8. The zero-order valence-corrected chi connectivity index (χ0v) is 10.5. The van der Waals surface area contributed by atoms with Gasteiger partial charge in [-0.1, -0.05) is 30.3 Å². The lowest BCUT2D eigenvalue weighted by Crippen LogP contribution is -2.44. The van der Waals surface area contributed by atoms with Gasteiger partial charge in [0.15, 0.2) is 0 Å². The van der Waals surface area contributed by atoms with E-state index in [1.165, 1.54) is 0 Å². The largest absolute Gasteiger partial charge is 0.396 e. The van der Waals surface area contributed by atoms with Crippen molar-refractivity contribution in [2.75, 3.05) is 19.7 Å². The molecule has 4 nitrogen and oxygen atoms in total. The molecule has 0 aromatic heterocycles. The Morgan fingerprint density at radius 2 is 2.17 bits per heavy atom. The first-order valence-electron chi connectivity index (χ1n) is 6.41. The summed E-state index contributed by atoms with van der Waals surface area (Å²) in [6.45, 7) is 1.77. The number of nitrogens with zero attached hydrogens (tertiary/aromatic N) is 1. The summed E-state index contributed by atoms with van der Waals surface area (Å²) in [6.07, 6.45) is 2.02. The Balaban J connectivity index is 2.18. The van der Waals surface area contributed by atoms with Gasteiger partial charge in [-0.2, -0.15) is 0 Å². The number of carbonyl (C=O) groups excluding carboxylic acids is 1. The molecule has 1 amide bonds. The highest BCUT2D eigenvalue weighted by molar-refractivity contribution is 5.81. The second kappa shape index (κ2) is 5.98. The molecule has 2 rings (SSSR count). The number of hydrogen-bond acceptors (Lipinski definition) is 3. The van der Waals surface area contributed by atoms with Gasteiger partial charge >= 0.3 is 0 Å². The molecule has 1 aromatic rings. The minimum Gasteiger partial charge on any atom is -0.396 e. The van der Waals surface area contributed by atoms with Crippen LogP contribution in [0.5, 0.6) is 0 Å². The highest BCUT2D eigenvalue weighted by atomic mass is 16.3. The molecule has 1 fully saturated rings. The fraction of sp³-hybridized carbons (Fsp3) is 0.500. The Labute approximate surface area is 107 Å². The molecule has 1 heterocycles. The van der Waals surface area contributed by atoms with Gasteiger partial charge in [0, 0.05) is 13.2 Å². The standard InChI is InChI=1S/C14H20N2O2/c15-14(18)13(12-6-2-1-3-7-12)16-8-4-5-11(9-16)10-17/h1-3,6-7,11,13,17H,4-5,8-10H2,(H2,15,18). The van der Waals surface area contributed by atoms with Crippen molar-refractivity contribution in [3.8, 4) is 0 Å². The first-order chi connectivity index (χ1) is 8.72. The van der Waals surface area contributed by atoms with E-state index in [1.54, 1.807) is 0 Å². The van der Waals surface area contributed by atoms with Crippen molar-refractivity contribution in [1.29, 1.82) is 0 Å². The molecule has 2 atom stereocenters.